The monoisotopic (exact) mass is 339 g/mol. The first-order valence-corrected chi connectivity index (χ1v) is 8.79. The Labute approximate surface area is 153 Å². The maximum atomic E-state index is 5.64. The second kappa shape index (κ2) is 7.32. The van der Waals surface area contributed by atoms with Gasteiger partial charge in [-0.05, 0) is 23.3 Å². The molecule has 1 N–H and O–H groups in total. The lowest BCUT2D eigenvalue weighted by atomic mass is 9.89. The summed E-state index contributed by atoms with van der Waals surface area (Å²) in [6, 6.07) is 27.0. The van der Waals surface area contributed by atoms with Gasteiger partial charge in [0.25, 0.3) is 0 Å². The maximum Gasteiger partial charge on any atom is 0.122 e. The molecule has 0 spiro atoms. The van der Waals surface area contributed by atoms with E-state index in [1.54, 1.807) is 7.11 Å². The summed E-state index contributed by atoms with van der Waals surface area (Å²) in [5.74, 6) is 1.00. The third-order valence-electron chi connectivity index (χ3n) is 4.71. The lowest BCUT2D eigenvalue weighted by Crippen LogP contribution is -2.00. The summed E-state index contributed by atoms with van der Waals surface area (Å²) in [7, 11) is 1.73. The Balaban J connectivity index is 1.85. The zero-order valence-corrected chi connectivity index (χ0v) is 14.7. The van der Waals surface area contributed by atoms with Crippen LogP contribution in [0.1, 0.15) is 22.6 Å². The molecule has 0 fully saturated rings. The topological polar surface area (TPSA) is 25.0 Å². The van der Waals surface area contributed by atoms with Crippen LogP contribution in [-0.2, 0) is 0 Å². The molecule has 4 rings (SSSR count). The zero-order valence-electron chi connectivity index (χ0n) is 14.7. The van der Waals surface area contributed by atoms with Gasteiger partial charge in [-0.15, -0.1) is 0 Å². The molecular formula is C24H21NO. The summed E-state index contributed by atoms with van der Waals surface area (Å²) < 4.78 is 5.64. The van der Waals surface area contributed by atoms with Crippen LogP contribution < -0.4 is 4.74 Å². The number of aromatic nitrogens is 1. The minimum Gasteiger partial charge on any atom is -0.496 e. The Kier molecular flexibility index (Phi) is 4.57. The van der Waals surface area contributed by atoms with Crippen molar-refractivity contribution in [3.63, 3.8) is 0 Å². The van der Waals surface area contributed by atoms with Crippen LogP contribution in [0.4, 0.5) is 0 Å². The third-order valence-corrected chi connectivity index (χ3v) is 4.71. The Morgan fingerprint density at radius 2 is 1.54 bits per heavy atom. The van der Waals surface area contributed by atoms with Crippen molar-refractivity contribution in [3.05, 3.63) is 108 Å². The van der Waals surface area contributed by atoms with Crippen molar-refractivity contribution in [1.82, 2.24) is 4.98 Å². The molecular weight excluding hydrogens is 318 g/mol. The summed E-state index contributed by atoms with van der Waals surface area (Å²) in [5, 5.41) is 1.24. The van der Waals surface area contributed by atoms with Gasteiger partial charge in [0, 0.05) is 28.6 Å². The second-order valence-electron chi connectivity index (χ2n) is 6.28. The van der Waals surface area contributed by atoms with Gasteiger partial charge < -0.3 is 9.72 Å². The van der Waals surface area contributed by atoms with E-state index in [0.29, 0.717) is 0 Å². The predicted octanol–water partition coefficient (Wildman–Crippen LogP) is 6.02. The summed E-state index contributed by atoms with van der Waals surface area (Å²) >= 11 is 0. The first-order valence-electron chi connectivity index (χ1n) is 8.79. The van der Waals surface area contributed by atoms with Crippen LogP contribution in [0.15, 0.2) is 91.1 Å². The number of para-hydroxylation sites is 2. The number of fused-ring (bicyclic) bond motifs is 1. The molecule has 1 aromatic heterocycles. The number of H-pyrrole nitrogens is 1. The molecule has 1 heterocycles. The largest absolute Gasteiger partial charge is 0.496 e. The van der Waals surface area contributed by atoms with E-state index in [1.807, 2.05) is 18.2 Å². The average Bonchev–Trinajstić information content (AvgIpc) is 3.13. The molecule has 1 unspecified atom stereocenters. The molecule has 0 saturated carbocycles. The number of benzene rings is 3. The van der Waals surface area contributed by atoms with Crippen molar-refractivity contribution < 1.29 is 4.74 Å². The van der Waals surface area contributed by atoms with E-state index < -0.39 is 0 Å². The second-order valence-corrected chi connectivity index (χ2v) is 6.28. The van der Waals surface area contributed by atoms with Gasteiger partial charge in [0.1, 0.15) is 5.75 Å². The molecule has 2 nitrogen and oxygen atoms in total. The number of allylic oxidation sites excluding steroid dienone is 1. The van der Waals surface area contributed by atoms with Gasteiger partial charge in [-0.1, -0.05) is 78.9 Å². The van der Waals surface area contributed by atoms with Crippen LogP contribution in [0.5, 0.6) is 5.75 Å². The number of hydrogen-bond acceptors (Lipinski definition) is 1. The average molecular weight is 339 g/mol. The molecule has 0 saturated heterocycles. The molecule has 4 aromatic rings. The summed E-state index contributed by atoms with van der Waals surface area (Å²) in [6.07, 6.45) is 6.54. The van der Waals surface area contributed by atoms with Gasteiger partial charge in [0.15, 0.2) is 0 Å². The molecule has 2 heteroatoms. The summed E-state index contributed by atoms with van der Waals surface area (Å²) in [5.41, 5.74) is 4.74. The van der Waals surface area contributed by atoms with Crippen LogP contribution in [0.2, 0.25) is 0 Å². The van der Waals surface area contributed by atoms with E-state index in [0.717, 1.165) is 16.8 Å². The van der Waals surface area contributed by atoms with Crippen LogP contribution in [0, 0.1) is 0 Å². The Morgan fingerprint density at radius 1 is 0.808 bits per heavy atom. The van der Waals surface area contributed by atoms with Gasteiger partial charge in [0.05, 0.1) is 7.11 Å². The molecule has 0 bridgehead atoms. The normalized spacial score (nSPS) is 12.5. The highest BCUT2D eigenvalue weighted by molar-refractivity contribution is 5.85. The first-order chi connectivity index (χ1) is 12.9. The fourth-order valence-electron chi connectivity index (χ4n) is 3.42. The Morgan fingerprint density at radius 3 is 2.38 bits per heavy atom. The van der Waals surface area contributed by atoms with Gasteiger partial charge in [-0.3, -0.25) is 0 Å². The standard InChI is InChI=1S/C24H21NO/c1-26-24-14-8-6-12-21(24)19(16-15-18-9-3-2-4-10-18)22-17-25-23-13-7-5-11-20(22)23/h2-17,19,25H,1H3/b16-15+. The van der Waals surface area contributed by atoms with Gasteiger partial charge in [-0.2, -0.15) is 0 Å². The van der Waals surface area contributed by atoms with Crippen LogP contribution in [0.25, 0.3) is 17.0 Å². The molecule has 26 heavy (non-hydrogen) atoms. The Bertz CT molecular complexity index is 1030. The lowest BCUT2D eigenvalue weighted by Gasteiger charge is -2.16. The van der Waals surface area contributed by atoms with Crippen molar-refractivity contribution in [1.29, 1.82) is 0 Å². The molecule has 1 atom stereocenters. The molecule has 128 valence electrons. The zero-order chi connectivity index (χ0) is 17.8. The number of methoxy groups -OCH3 is 1. The van der Waals surface area contributed by atoms with Gasteiger partial charge >= 0.3 is 0 Å². The Hall–Kier alpha value is -3.26. The number of aromatic amines is 1. The minimum absolute atomic E-state index is 0.0995. The molecule has 0 aliphatic rings. The van der Waals surface area contributed by atoms with E-state index >= 15 is 0 Å². The van der Waals surface area contributed by atoms with E-state index in [-0.39, 0.29) is 5.92 Å². The maximum absolute atomic E-state index is 5.64. The molecule has 0 amide bonds. The van der Waals surface area contributed by atoms with E-state index in [4.69, 9.17) is 4.74 Å². The summed E-state index contributed by atoms with van der Waals surface area (Å²) in [6.45, 7) is 0. The van der Waals surface area contributed by atoms with Crippen molar-refractivity contribution in [2.45, 2.75) is 5.92 Å². The quantitative estimate of drug-likeness (QED) is 0.472. The molecule has 0 aliphatic heterocycles. The number of nitrogens with one attached hydrogen (secondary N) is 1. The highest BCUT2D eigenvalue weighted by Gasteiger charge is 2.18. The van der Waals surface area contributed by atoms with Crippen molar-refractivity contribution in [3.8, 4) is 5.75 Å². The minimum atomic E-state index is 0.0995. The predicted molar refractivity (Wildman–Crippen MR) is 109 cm³/mol. The van der Waals surface area contributed by atoms with Crippen LogP contribution in [-0.4, -0.2) is 12.1 Å². The molecule has 0 aliphatic carbocycles. The van der Waals surface area contributed by atoms with Gasteiger partial charge in [0.2, 0.25) is 0 Å². The molecule has 3 aromatic carbocycles. The highest BCUT2D eigenvalue weighted by Crippen LogP contribution is 2.36. The third kappa shape index (κ3) is 3.14. The number of hydrogen-bond donors (Lipinski definition) is 1. The van der Waals surface area contributed by atoms with Crippen molar-refractivity contribution in [2.24, 2.45) is 0 Å². The highest BCUT2D eigenvalue weighted by atomic mass is 16.5. The van der Waals surface area contributed by atoms with Crippen molar-refractivity contribution in [2.75, 3.05) is 7.11 Å². The smallest absolute Gasteiger partial charge is 0.122 e. The van der Waals surface area contributed by atoms with Crippen LogP contribution in [0.3, 0.4) is 0 Å². The first kappa shape index (κ1) is 16.2. The number of rotatable bonds is 5. The SMILES string of the molecule is COc1ccccc1C(/C=C/c1ccccc1)c1c[nH]c2ccccc12. The lowest BCUT2D eigenvalue weighted by molar-refractivity contribution is 0.409. The summed E-state index contributed by atoms with van der Waals surface area (Å²) in [4.78, 5) is 3.40. The van der Waals surface area contributed by atoms with E-state index in [1.165, 1.54) is 16.5 Å². The van der Waals surface area contributed by atoms with Crippen molar-refractivity contribution >= 4 is 17.0 Å². The van der Waals surface area contributed by atoms with E-state index in [9.17, 15) is 0 Å². The fourth-order valence-corrected chi connectivity index (χ4v) is 3.42. The number of ether oxygens (including phenoxy) is 1. The van der Waals surface area contributed by atoms with Gasteiger partial charge in [-0.25, -0.2) is 0 Å². The van der Waals surface area contributed by atoms with Crippen LogP contribution >= 0.6 is 0 Å². The van der Waals surface area contributed by atoms with E-state index in [2.05, 4.69) is 84.0 Å². The molecule has 0 radical (unpaired) electrons. The fraction of sp³-hybridized carbons (Fsp3) is 0.0833.